The van der Waals surface area contributed by atoms with Gasteiger partial charge in [0.15, 0.2) is 0 Å². The molecule has 1 N–H and O–H groups in total. The summed E-state index contributed by atoms with van der Waals surface area (Å²) in [7, 11) is 0. The molecule has 0 unspecified atom stereocenters. The van der Waals surface area contributed by atoms with Gasteiger partial charge in [0, 0.05) is 5.39 Å². The van der Waals surface area contributed by atoms with Crippen LogP contribution in [-0.2, 0) is 0 Å². The fraction of sp³-hybridized carbons (Fsp3) is 0.190. The number of aryl methyl sites for hydroxylation is 1. The van der Waals surface area contributed by atoms with Gasteiger partial charge < -0.3 is 4.74 Å². The second-order valence-electron chi connectivity index (χ2n) is 6.24. The minimum Gasteiger partial charge on any atom is -0.410 e. The maximum atomic E-state index is 12.4. The summed E-state index contributed by atoms with van der Waals surface area (Å²) in [6.45, 7) is 6.15. The van der Waals surface area contributed by atoms with Gasteiger partial charge in [0.1, 0.15) is 5.75 Å². The van der Waals surface area contributed by atoms with Gasteiger partial charge in [-0.15, -0.1) is 0 Å². The van der Waals surface area contributed by atoms with Gasteiger partial charge in [-0.2, -0.15) is 0 Å². The molecule has 0 fully saturated rings. The smallest absolute Gasteiger partial charge is 0.410 e. The van der Waals surface area contributed by atoms with E-state index in [9.17, 15) is 4.79 Å². The number of hydrogen-bond donors (Lipinski definition) is 1. The number of rotatable bonds is 3. The highest BCUT2D eigenvalue weighted by molar-refractivity contribution is 6.00. The summed E-state index contributed by atoms with van der Waals surface area (Å²) in [4.78, 5) is 12.4. The average molecular weight is 319 g/mol. The molecule has 0 heterocycles. The molecule has 0 aliphatic rings. The fourth-order valence-corrected chi connectivity index (χ4v) is 2.78. The highest BCUT2D eigenvalue weighted by atomic mass is 16.6. The topological polar surface area (TPSA) is 38.3 Å². The quantitative estimate of drug-likeness (QED) is 0.654. The third-order valence-corrected chi connectivity index (χ3v) is 4.02. The minimum atomic E-state index is -0.473. The Morgan fingerprint density at radius 1 is 1.00 bits per heavy atom. The van der Waals surface area contributed by atoms with Crippen LogP contribution >= 0.6 is 0 Å². The molecular formula is C21H21NO2. The monoisotopic (exact) mass is 319 g/mol. The van der Waals surface area contributed by atoms with Crippen LogP contribution in [0.3, 0.4) is 0 Å². The zero-order valence-electron chi connectivity index (χ0n) is 14.2. The van der Waals surface area contributed by atoms with Gasteiger partial charge in [0.05, 0.1) is 5.69 Å². The Morgan fingerprint density at radius 3 is 2.54 bits per heavy atom. The van der Waals surface area contributed by atoms with Crippen molar-refractivity contribution in [3.8, 4) is 5.75 Å². The predicted molar refractivity (Wildman–Crippen MR) is 98.9 cm³/mol. The second-order valence-corrected chi connectivity index (χ2v) is 6.24. The van der Waals surface area contributed by atoms with Gasteiger partial charge in [0.2, 0.25) is 0 Å². The third kappa shape index (κ3) is 3.40. The molecular weight excluding hydrogens is 298 g/mol. The SMILES string of the molecule is Cc1ccc(C(C)C)c(OC(=O)Nc2cccc3ccccc23)c1. The van der Waals surface area contributed by atoms with E-state index in [4.69, 9.17) is 4.74 Å². The van der Waals surface area contributed by atoms with Crippen molar-refractivity contribution in [1.29, 1.82) is 0 Å². The molecule has 122 valence electrons. The molecule has 0 radical (unpaired) electrons. The summed E-state index contributed by atoms with van der Waals surface area (Å²) in [5.41, 5.74) is 2.83. The van der Waals surface area contributed by atoms with Crippen LogP contribution < -0.4 is 10.1 Å². The van der Waals surface area contributed by atoms with E-state index < -0.39 is 6.09 Å². The molecule has 3 aromatic rings. The maximum Gasteiger partial charge on any atom is 0.417 e. The van der Waals surface area contributed by atoms with E-state index in [1.54, 1.807) is 0 Å². The number of carbonyl (C=O) groups is 1. The van der Waals surface area contributed by atoms with Crippen LogP contribution in [0.25, 0.3) is 10.8 Å². The van der Waals surface area contributed by atoms with Crippen LogP contribution in [0.1, 0.15) is 30.9 Å². The van der Waals surface area contributed by atoms with Crippen molar-refractivity contribution in [1.82, 2.24) is 0 Å². The number of fused-ring (bicyclic) bond motifs is 1. The zero-order valence-corrected chi connectivity index (χ0v) is 14.2. The first kappa shape index (κ1) is 16.1. The standard InChI is InChI=1S/C21H21NO2/c1-14(2)17-12-11-15(3)13-20(17)24-21(23)22-19-10-6-8-16-7-4-5-9-18(16)19/h4-14H,1-3H3,(H,22,23). The molecule has 0 atom stereocenters. The molecule has 0 saturated carbocycles. The van der Waals surface area contributed by atoms with Gasteiger partial charge in [-0.25, -0.2) is 4.79 Å². The van der Waals surface area contributed by atoms with E-state index in [0.29, 0.717) is 5.75 Å². The van der Waals surface area contributed by atoms with Crippen LogP contribution in [0.4, 0.5) is 10.5 Å². The van der Waals surface area contributed by atoms with Gasteiger partial charge >= 0.3 is 6.09 Å². The summed E-state index contributed by atoms with van der Waals surface area (Å²) in [6.07, 6.45) is -0.473. The number of nitrogens with one attached hydrogen (secondary N) is 1. The molecule has 3 nitrogen and oxygen atoms in total. The van der Waals surface area contributed by atoms with E-state index in [0.717, 1.165) is 27.6 Å². The number of benzene rings is 3. The van der Waals surface area contributed by atoms with Crippen LogP contribution in [-0.4, -0.2) is 6.09 Å². The van der Waals surface area contributed by atoms with E-state index in [1.165, 1.54) is 0 Å². The number of hydrogen-bond acceptors (Lipinski definition) is 2. The number of anilines is 1. The first-order valence-corrected chi connectivity index (χ1v) is 8.12. The lowest BCUT2D eigenvalue weighted by atomic mass is 10.0. The summed E-state index contributed by atoms with van der Waals surface area (Å²) in [5, 5.41) is 4.93. The molecule has 0 saturated heterocycles. The highest BCUT2D eigenvalue weighted by Gasteiger charge is 2.13. The summed E-state index contributed by atoms with van der Waals surface area (Å²) in [6, 6.07) is 19.7. The molecule has 0 spiro atoms. The molecule has 0 aromatic heterocycles. The van der Waals surface area contributed by atoms with Crippen molar-refractivity contribution in [3.05, 3.63) is 71.8 Å². The lowest BCUT2D eigenvalue weighted by molar-refractivity contribution is 0.214. The maximum absolute atomic E-state index is 12.4. The van der Waals surface area contributed by atoms with Crippen molar-refractivity contribution in [3.63, 3.8) is 0 Å². The lowest BCUT2D eigenvalue weighted by Crippen LogP contribution is -2.18. The van der Waals surface area contributed by atoms with Crippen LogP contribution in [0.5, 0.6) is 5.75 Å². The average Bonchev–Trinajstić information content (AvgIpc) is 2.55. The van der Waals surface area contributed by atoms with Gasteiger partial charge in [0.25, 0.3) is 0 Å². The van der Waals surface area contributed by atoms with Crippen LogP contribution in [0.15, 0.2) is 60.7 Å². The Labute approximate surface area is 142 Å². The number of amides is 1. The largest absolute Gasteiger partial charge is 0.417 e. The summed E-state index contributed by atoms with van der Waals surface area (Å²) < 4.78 is 5.59. The summed E-state index contributed by atoms with van der Waals surface area (Å²) in [5.74, 6) is 0.897. The normalized spacial score (nSPS) is 10.8. The fourth-order valence-electron chi connectivity index (χ4n) is 2.78. The molecule has 1 amide bonds. The number of carbonyl (C=O) groups excluding carboxylic acids is 1. The van der Waals surface area contributed by atoms with Crippen LogP contribution in [0, 0.1) is 6.92 Å². The Morgan fingerprint density at radius 2 is 1.75 bits per heavy atom. The Hall–Kier alpha value is -2.81. The zero-order chi connectivity index (χ0) is 17.1. The third-order valence-electron chi connectivity index (χ3n) is 4.02. The van der Waals surface area contributed by atoms with Crippen molar-refractivity contribution >= 4 is 22.6 Å². The van der Waals surface area contributed by atoms with Crippen molar-refractivity contribution in [2.24, 2.45) is 0 Å². The lowest BCUT2D eigenvalue weighted by Gasteiger charge is -2.14. The second kappa shape index (κ2) is 6.75. The van der Waals surface area contributed by atoms with E-state index in [1.807, 2.05) is 67.6 Å². The predicted octanol–water partition coefficient (Wildman–Crippen LogP) is 5.88. The van der Waals surface area contributed by atoms with Crippen molar-refractivity contribution in [2.75, 3.05) is 5.32 Å². The Bertz CT molecular complexity index is 879. The minimum absolute atomic E-state index is 0.283. The van der Waals surface area contributed by atoms with E-state index in [2.05, 4.69) is 19.2 Å². The molecule has 3 heteroatoms. The Kier molecular flexibility index (Phi) is 4.52. The number of ether oxygens (including phenoxy) is 1. The van der Waals surface area contributed by atoms with Crippen LogP contribution in [0.2, 0.25) is 0 Å². The molecule has 3 aromatic carbocycles. The Balaban J connectivity index is 1.85. The molecule has 0 bridgehead atoms. The molecule has 3 rings (SSSR count). The van der Waals surface area contributed by atoms with Crippen molar-refractivity contribution in [2.45, 2.75) is 26.7 Å². The van der Waals surface area contributed by atoms with Gasteiger partial charge in [-0.3, -0.25) is 5.32 Å². The first-order valence-electron chi connectivity index (χ1n) is 8.12. The van der Waals surface area contributed by atoms with Crippen molar-refractivity contribution < 1.29 is 9.53 Å². The highest BCUT2D eigenvalue weighted by Crippen LogP contribution is 2.28. The van der Waals surface area contributed by atoms with E-state index in [-0.39, 0.29) is 5.92 Å². The van der Waals surface area contributed by atoms with Gasteiger partial charge in [-0.05, 0) is 41.5 Å². The molecule has 0 aliphatic heterocycles. The van der Waals surface area contributed by atoms with E-state index >= 15 is 0 Å². The molecule has 0 aliphatic carbocycles. The van der Waals surface area contributed by atoms with Gasteiger partial charge in [-0.1, -0.05) is 62.4 Å². The first-order chi connectivity index (χ1) is 11.5. The summed E-state index contributed by atoms with van der Waals surface area (Å²) >= 11 is 0. The molecule has 24 heavy (non-hydrogen) atoms.